The zero-order valence-corrected chi connectivity index (χ0v) is 15.1. The van der Waals surface area contributed by atoms with Gasteiger partial charge in [0.05, 0.1) is 0 Å². The lowest BCUT2D eigenvalue weighted by atomic mass is 10.0. The first-order valence-electron chi connectivity index (χ1n) is 8.01. The number of carbonyl (C=O) groups excluding carboxylic acids is 2. The zero-order valence-electron chi connectivity index (χ0n) is 14.3. The molecule has 0 saturated carbocycles. The van der Waals surface area contributed by atoms with Crippen LogP contribution >= 0.6 is 11.3 Å². The highest BCUT2D eigenvalue weighted by Crippen LogP contribution is 2.15. The summed E-state index contributed by atoms with van der Waals surface area (Å²) in [5.74, 6) is -1.69. The first-order valence-corrected chi connectivity index (χ1v) is 8.95. The molecule has 0 aliphatic carbocycles. The van der Waals surface area contributed by atoms with Crippen molar-refractivity contribution in [3.05, 3.63) is 52.0 Å². The number of benzene rings is 1. The summed E-state index contributed by atoms with van der Waals surface area (Å²) in [6.07, 6.45) is 0.641. The second-order valence-corrected chi connectivity index (χ2v) is 6.58. The van der Waals surface area contributed by atoms with Crippen molar-refractivity contribution < 1.29 is 23.8 Å². The van der Waals surface area contributed by atoms with E-state index in [9.17, 15) is 19.1 Å². The summed E-state index contributed by atoms with van der Waals surface area (Å²) in [5, 5.41) is 18.6. The highest BCUT2D eigenvalue weighted by atomic mass is 32.1. The Balaban J connectivity index is 1.97. The Bertz CT molecular complexity index is 737. The number of rotatable bonds is 9. The molecule has 0 saturated heterocycles. The summed E-state index contributed by atoms with van der Waals surface area (Å²) in [5.41, 5.74) is 1.36. The van der Waals surface area contributed by atoms with Crippen LogP contribution in [0.4, 0.5) is 10.1 Å². The number of nitrogens with one attached hydrogen (secondary N) is 2. The molecule has 1 aromatic heterocycles. The van der Waals surface area contributed by atoms with Gasteiger partial charge < -0.3 is 20.5 Å². The lowest BCUT2D eigenvalue weighted by molar-refractivity contribution is -0.119. The van der Waals surface area contributed by atoms with Gasteiger partial charge in [0.25, 0.3) is 5.91 Å². The van der Waals surface area contributed by atoms with Crippen molar-refractivity contribution in [1.29, 1.82) is 0 Å². The van der Waals surface area contributed by atoms with Crippen LogP contribution in [0.5, 0.6) is 0 Å². The number of ether oxygens (including phenoxy) is 1. The smallest absolute Gasteiger partial charge is 0.251 e. The van der Waals surface area contributed by atoms with Crippen molar-refractivity contribution in [1.82, 2.24) is 5.32 Å². The van der Waals surface area contributed by atoms with Crippen molar-refractivity contribution in [2.45, 2.75) is 6.42 Å². The van der Waals surface area contributed by atoms with Gasteiger partial charge in [-0.1, -0.05) is 0 Å². The van der Waals surface area contributed by atoms with E-state index in [1.165, 1.54) is 13.2 Å². The second kappa shape index (κ2) is 10.0. The fourth-order valence-corrected chi connectivity index (χ4v) is 3.09. The predicted octanol–water partition coefficient (Wildman–Crippen LogP) is 2.05. The quantitative estimate of drug-likeness (QED) is 0.621. The van der Waals surface area contributed by atoms with Crippen LogP contribution in [0.25, 0.3) is 0 Å². The average Bonchev–Trinajstić information content (AvgIpc) is 3.11. The SMILES string of the molecule is COCC(=O)Nc1cc(F)cc(C(=O)NCC(CO)Cc2ccsc2)c1. The number of hydrogen-bond acceptors (Lipinski definition) is 5. The number of carbonyl (C=O) groups is 2. The molecule has 8 heteroatoms. The number of thiophene rings is 1. The Hall–Kier alpha value is -2.29. The lowest BCUT2D eigenvalue weighted by Gasteiger charge is -2.15. The summed E-state index contributed by atoms with van der Waals surface area (Å²) >= 11 is 1.57. The molecule has 1 unspecified atom stereocenters. The van der Waals surface area contributed by atoms with E-state index in [0.29, 0.717) is 6.42 Å². The minimum atomic E-state index is -0.637. The minimum absolute atomic E-state index is 0.0718. The number of hydrogen-bond donors (Lipinski definition) is 3. The van der Waals surface area contributed by atoms with Gasteiger partial charge >= 0.3 is 0 Å². The molecule has 0 spiro atoms. The molecule has 26 heavy (non-hydrogen) atoms. The Morgan fingerprint density at radius 2 is 2.15 bits per heavy atom. The monoisotopic (exact) mass is 380 g/mol. The van der Waals surface area contributed by atoms with Crippen LogP contribution in [0.1, 0.15) is 15.9 Å². The molecule has 140 valence electrons. The summed E-state index contributed by atoms with van der Waals surface area (Å²) in [7, 11) is 1.37. The Kier molecular flexibility index (Phi) is 7.71. The normalized spacial score (nSPS) is 11.8. The first kappa shape index (κ1) is 20.0. The topological polar surface area (TPSA) is 87.7 Å². The van der Waals surface area contributed by atoms with Crippen molar-refractivity contribution in [2.75, 3.05) is 32.2 Å². The number of aliphatic hydroxyl groups excluding tert-OH is 1. The average molecular weight is 380 g/mol. The molecule has 0 radical (unpaired) electrons. The Morgan fingerprint density at radius 1 is 1.35 bits per heavy atom. The van der Waals surface area contributed by atoms with Crippen molar-refractivity contribution in [3.8, 4) is 0 Å². The summed E-state index contributed by atoms with van der Waals surface area (Å²) in [6, 6.07) is 5.57. The molecular weight excluding hydrogens is 359 g/mol. The van der Waals surface area contributed by atoms with Gasteiger partial charge in [0.15, 0.2) is 0 Å². The highest BCUT2D eigenvalue weighted by molar-refractivity contribution is 7.07. The molecule has 2 amide bonds. The summed E-state index contributed by atoms with van der Waals surface area (Å²) < 4.78 is 18.4. The van der Waals surface area contributed by atoms with E-state index in [-0.39, 0.29) is 36.9 Å². The zero-order chi connectivity index (χ0) is 18.9. The van der Waals surface area contributed by atoms with Gasteiger partial charge in [-0.3, -0.25) is 9.59 Å². The molecule has 0 fully saturated rings. The maximum atomic E-state index is 13.7. The van der Waals surface area contributed by atoms with Gasteiger partial charge in [0.1, 0.15) is 12.4 Å². The van der Waals surface area contributed by atoms with E-state index in [1.54, 1.807) is 11.3 Å². The van der Waals surface area contributed by atoms with E-state index in [2.05, 4.69) is 10.6 Å². The maximum Gasteiger partial charge on any atom is 0.251 e. The molecule has 1 heterocycles. The third-order valence-electron chi connectivity index (χ3n) is 3.63. The number of methoxy groups -OCH3 is 1. The van der Waals surface area contributed by atoms with Crippen LogP contribution in [-0.4, -0.2) is 43.8 Å². The second-order valence-electron chi connectivity index (χ2n) is 5.80. The van der Waals surface area contributed by atoms with Crippen LogP contribution in [-0.2, 0) is 16.0 Å². The Morgan fingerprint density at radius 3 is 2.81 bits per heavy atom. The maximum absolute atomic E-state index is 13.7. The molecule has 1 aromatic carbocycles. The van der Waals surface area contributed by atoms with E-state index in [1.807, 2.05) is 16.8 Å². The molecule has 2 aromatic rings. The standard InChI is InChI=1S/C18H21FN2O4S/c1-25-10-17(23)21-16-6-14(5-15(19)7-16)18(24)20-8-13(9-22)4-12-2-3-26-11-12/h2-3,5-7,11,13,22H,4,8-10H2,1H3,(H,20,24)(H,21,23). The van der Waals surface area contributed by atoms with Crippen LogP contribution < -0.4 is 10.6 Å². The van der Waals surface area contributed by atoms with Gasteiger partial charge in [0, 0.05) is 37.4 Å². The molecule has 2 rings (SSSR count). The number of amides is 2. The van der Waals surface area contributed by atoms with Crippen LogP contribution in [0.2, 0.25) is 0 Å². The van der Waals surface area contributed by atoms with Crippen molar-refractivity contribution >= 4 is 28.8 Å². The lowest BCUT2D eigenvalue weighted by Crippen LogP contribution is -2.32. The highest BCUT2D eigenvalue weighted by Gasteiger charge is 2.14. The van der Waals surface area contributed by atoms with Crippen LogP contribution in [0.3, 0.4) is 0 Å². The molecule has 0 bridgehead atoms. The molecule has 3 N–H and O–H groups in total. The number of anilines is 1. The van der Waals surface area contributed by atoms with Gasteiger partial charge in [-0.05, 0) is 47.0 Å². The van der Waals surface area contributed by atoms with E-state index < -0.39 is 17.6 Å². The molecular formula is C18H21FN2O4S. The minimum Gasteiger partial charge on any atom is -0.396 e. The molecule has 0 aliphatic heterocycles. The van der Waals surface area contributed by atoms with Gasteiger partial charge in [-0.25, -0.2) is 4.39 Å². The summed E-state index contributed by atoms with van der Waals surface area (Å²) in [4.78, 5) is 23.8. The number of aliphatic hydroxyl groups is 1. The summed E-state index contributed by atoms with van der Waals surface area (Å²) in [6.45, 7) is 0.0173. The number of halogens is 1. The molecule has 0 aliphatic rings. The fraction of sp³-hybridized carbons (Fsp3) is 0.333. The van der Waals surface area contributed by atoms with Gasteiger partial charge in [-0.15, -0.1) is 0 Å². The van der Waals surface area contributed by atoms with E-state index in [4.69, 9.17) is 4.74 Å². The van der Waals surface area contributed by atoms with Crippen LogP contribution in [0, 0.1) is 11.7 Å². The van der Waals surface area contributed by atoms with Gasteiger partial charge in [0.2, 0.25) is 5.91 Å². The first-order chi connectivity index (χ1) is 12.5. The van der Waals surface area contributed by atoms with Crippen molar-refractivity contribution in [3.63, 3.8) is 0 Å². The van der Waals surface area contributed by atoms with Crippen molar-refractivity contribution in [2.24, 2.45) is 5.92 Å². The van der Waals surface area contributed by atoms with Crippen LogP contribution in [0.15, 0.2) is 35.0 Å². The van der Waals surface area contributed by atoms with E-state index in [0.717, 1.165) is 17.7 Å². The largest absolute Gasteiger partial charge is 0.396 e. The molecule has 6 nitrogen and oxygen atoms in total. The predicted molar refractivity (Wildman–Crippen MR) is 97.8 cm³/mol. The molecule has 1 atom stereocenters. The Labute approximate surface area is 155 Å². The van der Waals surface area contributed by atoms with E-state index >= 15 is 0 Å². The van der Waals surface area contributed by atoms with Gasteiger partial charge in [-0.2, -0.15) is 11.3 Å². The third kappa shape index (κ3) is 6.21. The fourth-order valence-electron chi connectivity index (χ4n) is 2.40. The third-order valence-corrected chi connectivity index (χ3v) is 4.37.